The Kier molecular flexibility index (Phi) is 7.48. The normalized spacial score (nSPS) is 14.1. The fraction of sp³-hybridized carbons (Fsp3) is 0.360. The summed E-state index contributed by atoms with van der Waals surface area (Å²) in [7, 11) is 0. The molecule has 0 bridgehead atoms. The molecule has 0 radical (unpaired) electrons. The first-order valence-electron chi connectivity index (χ1n) is 11.7. The van der Waals surface area contributed by atoms with Gasteiger partial charge >= 0.3 is 12.1 Å². The van der Waals surface area contributed by atoms with Gasteiger partial charge in [-0.2, -0.15) is 18.3 Å². The number of aryl methyl sites for hydroxylation is 3. The van der Waals surface area contributed by atoms with Gasteiger partial charge < -0.3 is 21.3 Å². The van der Waals surface area contributed by atoms with E-state index in [9.17, 15) is 33.0 Å². The average Bonchev–Trinajstić information content (AvgIpc) is 3.24. The number of aliphatic hydroxyl groups is 1. The highest BCUT2D eigenvalue weighted by Crippen LogP contribution is 2.35. The van der Waals surface area contributed by atoms with Crippen molar-refractivity contribution >= 4 is 17.7 Å². The van der Waals surface area contributed by atoms with Crippen molar-refractivity contribution in [2.45, 2.75) is 50.9 Å². The number of halogens is 3. The Balaban J connectivity index is 1.70. The molecule has 1 amide bonds. The number of carboxylic acids is 1. The zero-order valence-electron chi connectivity index (χ0n) is 19.8. The molecule has 0 aliphatic carbocycles. The summed E-state index contributed by atoms with van der Waals surface area (Å²) in [5.41, 5.74) is 6.73. The molecule has 9 nitrogen and oxygen atoms in total. The van der Waals surface area contributed by atoms with E-state index in [1.165, 1.54) is 4.68 Å². The van der Waals surface area contributed by atoms with Crippen LogP contribution in [0.3, 0.4) is 0 Å². The van der Waals surface area contributed by atoms with Crippen molar-refractivity contribution in [3.05, 3.63) is 75.7 Å². The number of nitrogens with one attached hydrogen (secondary N) is 1. The summed E-state index contributed by atoms with van der Waals surface area (Å²) in [5.74, 6) is -2.43. The lowest BCUT2D eigenvalue weighted by Gasteiger charge is -2.17. The van der Waals surface area contributed by atoms with Crippen molar-refractivity contribution in [2.24, 2.45) is 5.73 Å². The third-order valence-corrected chi connectivity index (χ3v) is 6.36. The van der Waals surface area contributed by atoms with Gasteiger partial charge in [-0.25, -0.2) is 4.98 Å². The SMILES string of the molecule is NC(=O)c1c(C(CC(=O)O)c2ccc(C(F)(F)F)cc2)nn(CCc2ccc3c(n2)NCCC3)c1CO. The minimum atomic E-state index is -4.56. The van der Waals surface area contributed by atoms with Crippen molar-refractivity contribution in [1.29, 1.82) is 0 Å². The van der Waals surface area contributed by atoms with E-state index >= 15 is 0 Å². The van der Waals surface area contributed by atoms with Gasteiger partial charge in [-0.15, -0.1) is 0 Å². The third-order valence-electron chi connectivity index (χ3n) is 6.36. The number of amides is 1. The van der Waals surface area contributed by atoms with Crippen LogP contribution in [-0.2, 0) is 37.0 Å². The third kappa shape index (κ3) is 5.74. The van der Waals surface area contributed by atoms with Gasteiger partial charge in [-0.1, -0.05) is 18.2 Å². The van der Waals surface area contributed by atoms with Crippen molar-refractivity contribution < 1.29 is 33.0 Å². The van der Waals surface area contributed by atoms with Crippen LogP contribution in [0.4, 0.5) is 19.0 Å². The Labute approximate surface area is 210 Å². The summed E-state index contributed by atoms with van der Waals surface area (Å²) in [6.07, 6.45) is -2.76. The number of alkyl halides is 3. The van der Waals surface area contributed by atoms with Crippen LogP contribution < -0.4 is 11.1 Å². The Hall–Kier alpha value is -3.93. The van der Waals surface area contributed by atoms with E-state index in [-0.39, 0.29) is 29.1 Å². The monoisotopic (exact) mass is 517 g/mol. The molecular weight excluding hydrogens is 491 g/mol. The van der Waals surface area contributed by atoms with E-state index in [2.05, 4.69) is 15.4 Å². The van der Waals surface area contributed by atoms with Crippen LogP contribution in [0.2, 0.25) is 0 Å². The molecule has 0 fully saturated rings. The molecule has 37 heavy (non-hydrogen) atoms. The maximum Gasteiger partial charge on any atom is 0.416 e. The van der Waals surface area contributed by atoms with E-state index in [0.717, 1.165) is 60.7 Å². The van der Waals surface area contributed by atoms with E-state index in [4.69, 9.17) is 5.73 Å². The number of primary amides is 1. The summed E-state index contributed by atoms with van der Waals surface area (Å²) in [6.45, 7) is 0.434. The first-order chi connectivity index (χ1) is 17.6. The molecule has 3 heterocycles. The number of nitrogens with zero attached hydrogens (tertiary/aromatic N) is 3. The second kappa shape index (κ2) is 10.6. The number of anilines is 1. The van der Waals surface area contributed by atoms with Crippen LogP contribution in [0.1, 0.15) is 62.9 Å². The number of carbonyl (C=O) groups excluding carboxylic acids is 1. The van der Waals surface area contributed by atoms with Gasteiger partial charge in [-0.3, -0.25) is 14.3 Å². The fourth-order valence-corrected chi connectivity index (χ4v) is 4.56. The van der Waals surface area contributed by atoms with E-state index in [1.807, 2.05) is 12.1 Å². The van der Waals surface area contributed by atoms with Crippen molar-refractivity contribution in [2.75, 3.05) is 11.9 Å². The first-order valence-corrected chi connectivity index (χ1v) is 11.7. The van der Waals surface area contributed by atoms with Gasteiger partial charge in [-0.05, 0) is 42.2 Å². The lowest BCUT2D eigenvalue weighted by atomic mass is 9.89. The second-order valence-electron chi connectivity index (χ2n) is 8.81. The number of rotatable bonds is 9. The summed E-state index contributed by atoms with van der Waals surface area (Å²) in [6, 6.07) is 7.88. The lowest BCUT2D eigenvalue weighted by Crippen LogP contribution is -2.18. The molecule has 12 heteroatoms. The number of fused-ring (bicyclic) bond motifs is 1. The largest absolute Gasteiger partial charge is 0.481 e. The highest BCUT2D eigenvalue weighted by molar-refractivity contribution is 5.95. The number of pyridine rings is 1. The number of nitrogens with two attached hydrogens (primary N) is 1. The number of aliphatic hydroxyl groups excluding tert-OH is 1. The van der Waals surface area contributed by atoms with E-state index in [1.54, 1.807) is 0 Å². The van der Waals surface area contributed by atoms with Crippen LogP contribution in [0.15, 0.2) is 36.4 Å². The number of hydrogen-bond donors (Lipinski definition) is 4. The number of carbonyl (C=O) groups is 2. The molecule has 1 aromatic carbocycles. The minimum Gasteiger partial charge on any atom is -0.481 e. The second-order valence-corrected chi connectivity index (χ2v) is 8.81. The Bertz CT molecular complexity index is 1300. The summed E-state index contributed by atoms with van der Waals surface area (Å²) in [4.78, 5) is 28.7. The van der Waals surface area contributed by atoms with Crippen molar-refractivity contribution in [1.82, 2.24) is 14.8 Å². The van der Waals surface area contributed by atoms with Gasteiger partial charge in [0, 0.05) is 31.1 Å². The molecule has 0 saturated heterocycles. The van der Waals surface area contributed by atoms with E-state index in [0.29, 0.717) is 6.42 Å². The number of carboxylic acid groups (broad SMARTS) is 1. The van der Waals surface area contributed by atoms with Gasteiger partial charge in [0.05, 0.1) is 35.5 Å². The quantitative estimate of drug-likeness (QED) is 0.342. The van der Waals surface area contributed by atoms with Crippen LogP contribution in [0.25, 0.3) is 0 Å². The molecule has 1 aliphatic heterocycles. The molecular formula is C25H26F3N5O4. The zero-order valence-corrected chi connectivity index (χ0v) is 19.8. The molecule has 4 rings (SSSR count). The molecule has 1 unspecified atom stereocenters. The Morgan fingerprint density at radius 2 is 1.89 bits per heavy atom. The lowest BCUT2D eigenvalue weighted by molar-refractivity contribution is -0.138. The predicted molar refractivity (Wildman–Crippen MR) is 127 cm³/mol. The summed E-state index contributed by atoms with van der Waals surface area (Å²) >= 11 is 0. The van der Waals surface area contributed by atoms with Gasteiger partial charge in [0.15, 0.2) is 0 Å². The Morgan fingerprint density at radius 1 is 1.16 bits per heavy atom. The molecule has 1 atom stereocenters. The fourth-order valence-electron chi connectivity index (χ4n) is 4.56. The van der Waals surface area contributed by atoms with Gasteiger partial charge in [0.2, 0.25) is 0 Å². The molecule has 0 spiro atoms. The van der Waals surface area contributed by atoms with Crippen LogP contribution in [0, 0.1) is 0 Å². The highest BCUT2D eigenvalue weighted by atomic mass is 19.4. The molecule has 2 aromatic heterocycles. The molecule has 3 aromatic rings. The molecule has 0 saturated carbocycles. The number of aromatic nitrogens is 3. The minimum absolute atomic E-state index is 0.0150. The topological polar surface area (TPSA) is 143 Å². The standard InChI is InChI=1S/C25H26F3N5O4/c26-25(27,28)16-6-3-14(4-7-16)18(12-20(35)36)22-21(23(29)37)19(13-34)33(32-22)11-9-17-8-5-15-2-1-10-30-24(15)31-17/h3-8,18,34H,1-2,9-13H2,(H2,29,37)(H,30,31)(H,35,36). The van der Waals surface area contributed by atoms with Crippen LogP contribution in [0.5, 0.6) is 0 Å². The number of benzene rings is 1. The van der Waals surface area contributed by atoms with Gasteiger partial charge in [0.25, 0.3) is 5.91 Å². The summed E-state index contributed by atoms with van der Waals surface area (Å²) < 4.78 is 40.5. The van der Waals surface area contributed by atoms with Crippen molar-refractivity contribution in [3.8, 4) is 0 Å². The maximum absolute atomic E-state index is 13.0. The number of aliphatic carboxylic acids is 1. The van der Waals surface area contributed by atoms with Gasteiger partial charge in [0.1, 0.15) is 5.82 Å². The van der Waals surface area contributed by atoms with E-state index < -0.39 is 42.6 Å². The maximum atomic E-state index is 13.0. The van der Waals surface area contributed by atoms with Crippen LogP contribution >= 0.6 is 0 Å². The molecule has 1 aliphatic rings. The average molecular weight is 518 g/mol. The first kappa shape index (κ1) is 26.1. The van der Waals surface area contributed by atoms with Crippen LogP contribution in [-0.4, -0.2) is 43.4 Å². The summed E-state index contributed by atoms with van der Waals surface area (Å²) in [5, 5.41) is 27.2. The molecule has 5 N–H and O–H groups in total. The van der Waals surface area contributed by atoms with Crippen molar-refractivity contribution in [3.63, 3.8) is 0 Å². The Morgan fingerprint density at radius 3 is 2.51 bits per heavy atom. The predicted octanol–water partition coefficient (Wildman–Crippen LogP) is 3.10. The number of hydrogen-bond acceptors (Lipinski definition) is 6. The zero-order chi connectivity index (χ0) is 26.7. The smallest absolute Gasteiger partial charge is 0.416 e. The highest BCUT2D eigenvalue weighted by Gasteiger charge is 2.33. The molecule has 196 valence electrons.